The summed E-state index contributed by atoms with van der Waals surface area (Å²) in [5.74, 6) is 0.818. The predicted octanol–water partition coefficient (Wildman–Crippen LogP) is 1.99. The van der Waals surface area contributed by atoms with Crippen LogP contribution in [0, 0.1) is 0 Å². The first-order chi connectivity index (χ1) is 11.9. The van der Waals surface area contributed by atoms with Crippen molar-refractivity contribution in [1.29, 1.82) is 0 Å². The van der Waals surface area contributed by atoms with Gasteiger partial charge in [-0.3, -0.25) is 9.59 Å². The fraction of sp³-hybridized carbons (Fsp3) is 0.579. The molecule has 0 aliphatic carbocycles. The van der Waals surface area contributed by atoms with E-state index in [0.717, 1.165) is 37.6 Å². The number of likely N-dealkylation sites (N-methyl/N-ethyl adjacent to an activating group) is 1. The van der Waals surface area contributed by atoms with Crippen LogP contribution in [-0.2, 0) is 9.59 Å². The number of ether oxygens (including phenoxy) is 1. The summed E-state index contributed by atoms with van der Waals surface area (Å²) in [6.07, 6.45) is 0.448. The summed E-state index contributed by atoms with van der Waals surface area (Å²) in [5, 5.41) is 0. The number of amides is 2. The van der Waals surface area contributed by atoms with E-state index in [2.05, 4.69) is 11.9 Å². The SMILES string of the molecule is CC(=O)N(CCC(=O)N1CCN(C)CC1)c1ccc(OC(C)C)cc1. The Labute approximate surface area is 150 Å². The van der Waals surface area contributed by atoms with E-state index in [1.54, 1.807) is 4.90 Å². The van der Waals surface area contributed by atoms with Gasteiger partial charge in [-0.1, -0.05) is 0 Å². The lowest BCUT2D eigenvalue weighted by molar-refractivity contribution is -0.132. The molecule has 2 rings (SSSR count). The number of carbonyl (C=O) groups excluding carboxylic acids is 2. The van der Waals surface area contributed by atoms with Crippen molar-refractivity contribution in [1.82, 2.24) is 9.80 Å². The molecular formula is C19H29N3O3. The monoisotopic (exact) mass is 347 g/mol. The number of hydrogen-bond donors (Lipinski definition) is 0. The summed E-state index contributed by atoms with van der Waals surface area (Å²) in [7, 11) is 2.06. The highest BCUT2D eigenvalue weighted by Gasteiger charge is 2.20. The van der Waals surface area contributed by atoms with E-state index >= 15 is 0 Å². The van der Waals surface area contributed by atoms with Crippen LogP contribution in [0.4, 0.5) is 5.69 Å². The zero-order valence-electron chi connectivity index (χ0n) is 15.7. The van der Waals surface area contributed by atoms with Crippen LogP contribution in [0.2, 0.25) is 0 Å². The van der Waals surface area contributed by atoms with Gasteiger partial charge in [0.25, 0.3) is 0 Å². The Balaban J connectivity index is 1.94. The molecule has 1 aliphatic rings. The fourth-order valence-corrected chi connectivity index (χ4v) is 2.87. The number of benzene rings is 1. The molecule has 1 fully saturated rings. The van der Waals surface area contributed by atoms with Crippen molar-refractivity contribution < 1.29 is 14.3 Å². The second-order valence-electron chi connectivity index (χ2n) is 6.77. The molecule has 25 heavy (non-hydrogen) atoms. The van der Waals surface area contributed by atoms with Crippen molar-refractivity contribution in [2.45, 2.75) is 33.3 Å². The lowest BCUT2D eigenvalue weighted by Gasteiger charge is -2.33. The Hall–Kier alpha value is -2.08. The maximum Gasteiger partial charge on any atom is 0.224 e. The molecule has 0 radical (unpaired) electrons. The number of piperazine rings is 1. The zero-order chi connectivity index (χ0) is 18.4. The Morgan fingerprint density at radius 3 is 2.24 bits per heavy atom. The van der Waals surface area contributed by atoms with Gasteiger partial charge >= 0.3 is 0 Å². The number of anilines is 1. The lowest BCUT2D eigenvalue weighted by Crippen LogP contribution is -2.47. The molecule has 0 saturated carbocycles. The Bertz CT molecular complexity index is 578. The van der Waals surface area contributed by atoms with Crippen LogP contribution in [0.1, 0.15) is 27.2 Å². The number of rotatable bonds is 6. The van der Waals surface area contributed by atoms with Crippen LogP contribution in [-0.4, -0.2) is 67.5 Å². The molecule has 2 amide bonds. The third-order valence-electron chi connectivity index (χ3n) is 4.31. The quantitative estimate of drug-likeness (QED) is 0.790. The molecule has 0 aromatic heterocycles. The second-order valence-corrected chi connectivity index (χ2v) is 6.77. The molecule has 0 atom stereocenters. The summed E-state index contributed by atoms with van der Waals surface area (Å²) in [6.45, 7) is 9.19. The third kappa shape index (κ3) is 5.74. The molecule has 6 nitrogen and oxygen atoms in total. The maximum atomic E-state index is 12.4. The Kier molecular flexibility index (Phi) is 6.82. The van der Waals surface area contributed by atoms with Crippen molar-refractivity contribution >= 4 is 17.5 Å². The average molecular weight is 347 g/mol. The van der Waals surface area contributed by atoms with E-state index in [1.807, 2.05) is 43.0 Å². The van der Waals surface area contributed by atoms with Gasteiger partial charge in [0.15, 0.2) is 0 Å². The van der Waals surface area contributed by atoms with Crippen molar-refractivity contribution in [2.24, 2.45) is 0 Å². The molecule has 1 aromatic carbocycles. The molecule has 1 aromatic rings. The first-order valence-corrected chi connectivity index (χ1v) is 8.88. The Morgan fingerprint density at radius 1 is 1.12 bits per heavy atom. The van der Waals surface area contributed by atoms with Crippen LogP contribution in [0.25, 0.3) is 0 Å². The van der Waals surface area contributed by atoms with Crippen molar-refractivity contribution in [3.8, 4) is 5.75 Å². The van der Waals surface area contributed by atoms with Gasteiger partial charge in [0.05, 0.1) is 6.10 Å². The maximum absolute atomic E-state index is 12.4. The van der Waals surface area contributed by atoms with Gasteiger partial charge in [-0.2, -0.15) is 0 Å². The van der Waals surface area contributed by atoms with Gasteiger partial charge in [-0.15, -0.1) is 0 Å². The number of nitrogens with zero attached hydrogens (tertiary/aromatic N) is 3. The number of carbonyl (C=O) groups is 2. The van der Waals surface area contributed by atoms with Crippen molar-refractivity contribution in [3.63, 3.8) is 0 Å². The molecule has 1 heterocycles. The van der Waals surface area contributed by atoms with Gasteiger partial charge in [0, 0.05) is 51.8 Å². The summed E-state index contributed by atoms with van der Waals surface area (Å²) >= 11 is 0. The van der Waals surface area contributed by atoms with E-state index in [-0.39, 0.29) is 17.9 Å². The Morgan fingerprint density at radius 2 is 1.72 bits per heavy atom. The van der Waals surface area contributed by atoms with Crippen LogP contribution in [0.3, 0.4) is 0 Å². The normalized spacial score (nSPS) is 15.3. The lowest BCUT2D eigenvalue weighted by atomic mass is 10.2. The van der Waals surface area contributed by atoms with Crippen molar-refractivity contribution in [2.75, 3.05) is 44.7 Å². The predicted molar refractivity (Wildman–Crippen MR) is 98.9 cm³/mol. The summed E-state index contributed by atoms with van der Waals surface area (Å²) in [6, 6.07) is 7.43. The van der Waals surface area contributed by atoms with Gasteiger partial charge < -0.3 is 19.4 Å². The van der Waals surface area contributed by atoms with Gasteiger partial charge in [-0.25, -0.2) is 0 Å². The standard InChI is InChI=1S/C19H29N3O3/c1-15(2)25-18-7-5-17(6-8-18)22(16(3)23)10-9-19(24)21-13-11-20(4)12-14-21/h5-8,15H,9-14H2,1-4H3. The molecule has 0 spiro atoms. The van der Waals surface area contributed by atoms with E-state index in [9.17, 15) is 9.59 Å². The fourth-order valence-electron chi connectivity index (χ4n) is 2.87. The second kappa shape index (κ2) is 8.85. The van der Waals surface area contributed by atoms with Crippen molar-refractivity contribution in [3.05, 3.63) is 24.3 Å². The minimum atomic E-state index is -0.0660. The molecular weight excluding hydrogens is 318 g/mol. The first kappa shape index (κ1) is 19.2. The molecule has 0 unspecified atom stereocenters. The molecule has 1 saturated heterocycles. The van der Waals surface area contributed by atoms with E-state index in [1.165, 1.54) is 6.92 Å². The van der Waals surface area contributed by atoms with Crippen LogP contribution in [0.5, 0.6) is 5.75 Å². The minimum absolute atomic E-state index is 0.0660. The van der Waals surface area contributed by atoms with Crippen LogP contribution < -0.4 is 9.64 Å². The topological polar surface area (TPSA) is 53.1 Å². The van der Waals surface area contributed by atoms with E-state index in [0.29, 0.717) is 13.0 Å². The third-order valence-corrected chi connectivity index (χ3v) is 4.31. The summed E-state index contributed by atoms with van der Waals surface area (Å²) < 4.78 is 5.63. The largest absolute Gasteiger partial charge is 0.491 e. The summed E-state index contributed by atoms with van der Waals surface area (Å²) in [4.78, 5) is 30.1. The number of hydrogen-bond acceptors (Lipinski definition) is 4. The summed E-state index contributed by atoms with van der Waals surface area (Å²) in [5.41, 5.74) is 0.787. The molecule has 1 aliphatic heterocycles. The van der Waals surface area contributed by atoms with Gasteiger partial charge in [0.1, 0.15) is 5.75 Å². The van der Waals surface area contributed by atoms with Gasteiger partial charge in [-0.05, 0) is 45.2 Å². The zero-order valence-corrected chi connectivity index (χ0v) is 15.7. The molecule has 6 heteroatoms. The highest BCUT2D eigenvalue weighted by Crippen LogP contribution is 2.21. The first-order valence-electron chi connectivity index (χ1n) is 8.88. The van der Waals surface area contributed by atoms with Crippen LogP contribution >= 0.6 is 0 Å². The molecule has 0 bridgehead atoms. The van der Waals surface area contributed by atoms with E-state index in [4.69, 9.17) is 4.74 Å². The van der Waals surface area contributed by atoms with Crippen LogP contribution in [0.15, 0.2) is 24.3 Å². The van der Waals surface area contributed by atoms with E-state index < -0.39 is 0 Å². The highest BCUT2D eigenvalue weighted by atomic mass is 16.5. The minimum Gasteiger partial charge on any atom is -0.491 e. The smallest absolute Gasteiger partial charge is 0.224 e. The molecule has 0 N–H and O–H groups in total. The average Bonchev–Trinajstić information content (AvgIpc) is 2.56. The molecule has 138 valence electrons. The van der Waals surface area contributed by atoms with Gasteiger partial charge in [0.2, 0.25) is 11.8 Å². The highest BCUT2D eigenvalue weighted by molar-refractivity contribution is 5.92.